The Morgan fingerprint density at radius 2 is 2.20 bits per heavy atom. The summed E-state index contributed by atoms with van der Waals surface area (Å²) in [5, 5.41) is 8.80. The molecule has 0 unspecified atom stereocenters. The number of aliphatic hydroxyl groups is 1. The van der Waals surface area contributed by atoms with Crippen LogP contribution in [0, 0.1) is 0 Å². The molecule has 0 aliphatic carbocycles. The molecule has 1 heterocycles. The third-order valence-corrected chi connectivity index (χ3v) is 1.02. The molecule has 3 nitrogen and oxygen atoms in total. The van der Waals surface area contributed by atoms with Crippen molar-refractivity contribution in [2.75, 3.05) is 13.2 Å². The second kappa shape index (κ2) is 3.71. The molecule has 1 N–H and O–H groups in total. The maximum absolute atomic E-state index is 8.80. The topological polar surface area (TPSA) is 41.8 Å². The minimum Gasteiger partial charge on any atom is -0.466 e. The van der Waals surface area contributed by atoms with E-state index in [0.717, 1.165) is 0 Å². The SMILES string of the molecule is O/C1=N/C/C=C\C=C/CO1. The lowest BCUT2D eigenvalue weighted by Crippen LogP contribution is -2.03. The molecule has 1 rings (SSSR count). The Hall–Kier alpha value is -1.25. The second-order valence-corrected chi connectivity index (χ2v) is 1.79. The predicted octanol–water partition coefficient (Wildman–Crippen LogP) is 1.04. The van der Waals surface area contributed by atoms with Gasteiger partial charge in [0.05, 0.1) is 6.54 Å². The Balaban J connectivity index is 2.54. The maximum atomic E-state index is 8.80. The molecular formula is C7H9NO2. The fourth-order valence-electron chi connectivity index (χ4n) is 0.573. The molecule has 0 aromatic carbocycles. The van der Waals surface area contributed by atoms with Gasteiger partial charge in [0.2, 0.25) is 0 Å². The van der Waals surface area contributed by atoms with Gasteiger partial charge in [0, 0.05) is 0 Å². The van der Waals surface area contributed by atoms with E-state index in [1.807, 2.05) is 18.2 Å². The number of aliphatic hydroxyl groups excluding tert-OH is 1. The van der Waals surface area contributed by atoms with Crippen molar-refractivity contribution in [2.24, 2.45) is 4.99 Å². The Bertz CT molecular complexity index is 182. The van der Waals surface area contributed by atoms with E-state index in [1.165, 1.54) is 0 Å². The molecule has 0 saturated heterocycles. The van der Waals surface area contributed by atoms with Crippen molar-refractivity contribution in [2.45, 2.75) is 0 Å². The first-order valence-electron chi connectivity index (χ1n) is 3.07. The standard InChI is InChI=1S/C7H9NO2/c9-7-8-5-3-1-2-4-6-10-7/h1-4H,5-6H2,(H,8,9)/b3-1-,4-2-. The molecule has 1 aliphatic heterocycles. The molecule has 1 aliphatic rings. The minimum absolute atomic E-state index is 0.240. The van der Waals surface area contributed by atoms with Gasteiger partial charge in [-0.3, -0.25) is 0 Å². The third-order valence-electron chi connectivity index (χ3n) is 1.02. The third kappa shape index (κ3) is 2.35. The van der Waals surface area contributed by atoms with Crippen LogP contribution >= 0.6 is 0 Å². The van der Waals surface area contributed by atoms with E-state index in [4.69, 9.17) is 9.84 Å². The van der Waals surface area contributed by atoms with Crippen LogP contribution in [0.3, 0.4) is 0 Å². The highest BCUT2D eigenvalue weighted by Crippen LogP contribution is 1.87. The van der Waals surface area contributed by atoms with Gasteiger partial charge in [0.15, 0.2) is 0 Å². The molecule has 54 valence electrons. The van der Waals surface area contributed by atoms with E-state index in [1.54, 1.807) is 6.08 Å². The van der Waals surface area contributed by atoms with Gasteiger partial charge in [-0.15, -0.1) is 0 Å². The van der Waals surface area contributed by atoms with Crippen LogP contribution in [0.4, 0.5) is 0 Å². The summed E-state index contributed by atoms with van der Waals surface area (Å²) >= 11 is 0. The first kappa shape index (κ1) is 6.86. The summed E-state index contributed by atoms with van der Waals surface area (Å²) in [4.78, 5) is 3.67. The number of allylic oxidation sites excluding steroid dienone is 2. The fraction of sp³-hybridized carbons (Fsp3) is 0.286. The highest BCUT2D eigenvalue weighted by Gasteiger charge is 1.91. The summed E-state index contributed by atoms with van der Waals surface area (Å²) in [5.41, 5.74) is 0. The molecule has 0 aromatic rings. The van der Waals surface area contributed by atoms with E-state index < -0.39 is 0 Å². The number of hydrogen-bond donors (Lipinski definition) is 1. The van der Waals surface area contributed by atoms with E-state index in [0.29, 0.717) is 13.2 Å². The van der Waals surface area contributed by atoms with Gasteiger partial charge >= 0.3 is 6.08 Å². The molecule has 0 amide bonds. The lowest BCUT2D eigenvalue weighted by Gasteiger charge is -1.96. The Kier molecular flexibility index (Phi) is 2.55. The molecule has 3 heteroatoms. The minimum atomic E-state index is -0.240. The van der Waals surface area contributed by atoms with Crippen LogP contribution in [0.25, 0.3) is 0 Å². The zero-order valence-electron chi connectivity index (χ0n) is 5.53. The second-order valence-electron chi connectivity index (χ2n) is 1.79. The summed E-state index contributed by atoms with van der Waals surface area (Å²) < 4.78 is 4.74. The van der Waals surface area contributed by atoms with Crippen LogP contribution in [-0.4, -0.2) is 24.3 Å². The van der Waals surface area contributed by atoms with Crippen molar-refractivity contribution in [3.05, 3.63) is 24.3 Å². The summed E-state index contributed by atoms with van der Waals surface area (Å²) in [6.07, 6.45) is 7.12. The molecule has 0 fully saturated rings. The Labute approximate surface area is 59.3 Å². The van der Waals surface area contributed by atoms with E-state index in [9.17, 15) is 0 Å². The summed E-state index contributed by atoms with van der Waals surface area (Å²) in [5.74, 6) is 0. The normalized spacial score (nSPS) is 29.8. The van der Waals surface area contributed by atoms with Crippen LogP contribution in [0.2, 0.25) is 0 Å². The largest absolute Gasteiger partial charge is 0.466 e. The van der Waals surface area contributed by atoms with E-state index >= 15 is 0 Å². The van der Waals surface area contributed by atoms with Crippen LogP contribution in [0.15, 0.2) is 29.3 Å². The highest BCUT2D eigenvalue weighted by atomic mass is 16.6. The lowest BCUT2D eigenvalue weighted by molar-refractivity contribution is 0.256. The smallest absolute Gasteiger partial charge is 0.381 e. The van der Waals surface area contributed by atoms with Crippen molar-refractivity contribution in [3.8, 4) is 0 Å². The molecule has 0 atom stereocenters. The predicted molar refractivity (Wildman–Crippen MR) is 39.2 cm³/mol. The maximum Gasteiger partial charge on any atom is 0.381 e. The van der Waals surface area contributed by atoms with Crippen molar-refractivity contribution < 1.29 is 9.84 Å². The van der Waals surface area contributed by atoms with Crippen molar-refractivity contribution >= 4 is 6.08 Å². The molecule has 0 bridgehead atoms. The van der Waals surface area contributed by atoms with Crippen molar-refractivity contribution in [3.63, 3.8) is 0 Å². The highest BCUT2D eigenvalue weighted by molar-refractivity contribution is 5.64. The number of aliphatic imine (C=N–C) groups is 1. The van der Waals surface area contributed by atoms with E-state index in [-0.39, 0.29) is 6.08 Å². The van der Waals surface area contributed by atoms with Crippen LogP contribution in [0.1, 0.15) is 0 Å². The molecule has 0 radical (unpaired) electrons. The lowest BCUT2D eigenvalue weighted by atomic mass is 10.4. The number of ether oxygens (including phenoxy) is 1. The van der Waals surface area contributed by atoms with Crippen LogP contribution in [0.5, 0.6) is 0 Å². The van der Waals surface area contributed by atoms with E-state index in [2.05, 4.69) is 4.99 Å². The monoisotopic (exact) mass is 139 g/mol. The van der Waals surface area contributed by atoms with Gasteiger partial charge in [-0.2, -0.15) is 0 Å². The number of nitrogens with zero attached hydrogens (tertiary/aromatic N) is 1. The first-order valence-corrected chi connectivity index (χ1v) is 3.07. The van der Waals surface area contributed by atoms with Gasteiger partial charge in [-0.05, 0) is 6.08 Å². The summed E-state index contributed by atoms with van der Waals surface area (Å²) in [6, 6.07) is 0. The molecular weight excluding hydrogens is 130 g/mol. The average molecular weight is 139 g/mol. The van der Waals surface area contributed by atoms with Gasteiger partial charge in [-0.1, -0.05) is 18.2 Å². The number of rotatable bonds is 0. The van der Waals surface area contributed by atoms with Crippen molar-refractivity contribution in [1.29, 1.82) is 0 Å². The number of hydrogen-bond acceptors (Lipinski definition) is 2. The molecule has 0 aromatic heterocycles. The van der Waals surface area contributed by atoms with Crippen LogP contribution in [-0.2, 0) is 4.74 Å². The van der Waals surface area contributed by atoms with Gasteiger partial charge < -0.3 is 9.84 Å². The summed E-state index contributed by atoms with van der Waals surface area (Å²) in [6.45, 7) is 0.843. The van der Waals surface area contributed by atoms with Crippen molar-refractivity contribution in [1.82, 2.24) is 0 Å². The summed E-state index contributed by atoms with van der Waals surface area (Å²) in [7, 11) is 0. The Morgan fingerprint density at radius 3 is 3.10 bits per heavy atom. The first-order chi connectivity index (χ1) is 4.89. The molecule has 10 heavy (non-hydrogen) atoms. The molecule has 0 saturated carbocycles. The fourth-order valence-corrected chi connectivity index (χ4v) is 0.573. The van der Waals surface area contributed by atoms with Gasteiger partial charge in [0.1, 0.15) is 6.61 Å². The quantitative estimate of drug-likeness (QED) is 0.544. The zero-order valence-corrected chi connectivity index (χ0v) is 5.53. The van der Waals surface area contributed by atoms with Gasteiger partial charge in [0.25, 0.3) is 0 Å². The molecule has 0 spiro atoms. The Morgan fingerprint density at radius 1 is 1.40 bits per heavy atom. The van der Waals surface area contributed by atoms with Gasteiger partial charge in [-0.25, -0.2) is 4.99 Å². The zero-order chi connectivity index (χ0) is 7.23. The average Bonchev–Trinajstić information content (AvgIpc) is 2.02. The van der Waals surface area contributed by atoms with Crippen LogP contribution < -0.4 is 0 Å².